The van der Waals surface area contributed by atoms with Crippen molar-refractivity contribution < 1.29 is 9.90 Å². The summed E-state index contributed by atoms with van der Waals surface area (Å²) in [5, 5.41) is 12.4. The molecule has 0 unspecified atom stereocenters. The van der Waals surface area contributed by atoms with Crippen LogP contribution in [-0.4, -0.2) is 17.1 Å². The average Bonchev–Trinajstić information content (AvgIpc) is 2.33. The number of hydrogen-bond acceptors (Lipinski definition) is 2. The number of carboxylic acid groups (broad SMARTS) is 1. The highest BCUT2D eigenvalue weighted by molar-refractivity contribution is 9.10. The van der Waals surface area contributed by atoms with Gasteiger partial charge in [0, 0.05) is 16.2 Å². The van der Waals surface area contributed by atoms with Gasteiger partial charge in [-0.2, -0.15) is 0 Å². The maximum Gasteiger partial charge on any atom is 0.306 e. The molecule has 0 radical (unpaired) electrons. The summed E-state index contributed by atoms with van der Waals surface area (Å²) >= 11 is 3.50. The Kier molecular flexibility index (Phi) is 4.05. The van der Waals surface area contributed by atoms with Crippen LogP contribution in [0.4, 0.5) is 5.69 Å². The standard InChI is InChI=1S/C13H16BrNO2/c14-11-3-1-2-4-12(11)15-10-7-5-9(6-8-10)13(16)17/h1-4,9-10,15H,5-8H2,(H,16,17). The van der Waals surface area contributed by atoms with E-state index in [1.54, 1.807) is 0 Å². The van der Waals surface area contributed by atoms with Gasteiger partial charge in [0.2, 0.25) is 0 Å². The summed E-state index contributed by atoms with van der Waals surface area (Å²) in [6.07, 6.45) is 3.41. The van der Waals surface area contributed by atoms with E-state index < -0.39 is 5.97 Å². The zero-order chi connectivity index (χ0) is 12.3. The molecule has 3 nitrogen and oxygen atoms in total. The van der Waals surface area contributed by atoms with Crippen LogP contribution >= 0.6 is 15.9 Å². The molecule has 0 aromatic heterocycles. The van der Waals surface area contributed by atoms with E-state index in [-0.39, 0.29) is 5.92 Å². The zero-order valence-corrected chi connectivity index (χ0v) is 11.1. The molecule has 0 heterocycles. The van der Waals surface area contributed by atoms with Crippen LogP contribution in [0.25, 0.3) is 0 Å². The highest BCUT2D eigenvalue weighted by atomic mass is 79.9. The van der Waals surface area contributed by atoms with Crippen molar-refractivity contribution in [2.75, 3.05) is 5.32 Å². The highest BCUT2D eigenvalue weighted by Crippen LogP contribution is 2.29. The van der Waals surface area contributed by atoms with Crippen LogP contribution < -0.4 is 5.32 Å². The van der Waals surface area contributed by atoms with E-state index in [2.05, 4.69) is 21.2 Å². The second-order valence-electron chi connectivity index (χ2n) is 4.51. The molecule has 0 amide bonds. The highest BCUT2D eigenvalue weighted by Gasteiger charge is 2.25. The lowest BCUT2D eigenvalue weighted by atomic mass is 9.86. The Bertz CT molecular complexity index is 400. The van der Waals surface area contributed by atoms with Gasteiger partial charge in [0.1, 0.15) is 0 Å². The van der Waals surface area contributed by atoms with Gasteiger partial charge in [-0.15, -0.1) is 0 Å². The SMILES string of the molecule is O=C(O)C1CCC(Nc2ccccc2Br)CC1. The first-order valence-corrected chi connectivity index (χ1v) is 6.70. The average molecular weight is 298 g/mol. The number of halogens is 1. The molecule has 1 aliphatic rings. The van der Waals surface area contributed by atoms with Gasteiger partial charge in [0.25, 0.3) is 0 Å². The third-order valence-electron chi connectivity index (χ3n) is 3.31. The van der Waals surface area contributed by atoms with Crippen molar-refractivity contribution in [3.8, 4) is 0 Å². The lowest BCUT2D eigenvalue weighted by Crippen LogP contribution is -2.29. The van der Waals surface area contributed by atoms with Crippen LogP contribution in [0.5, 0.6) is 0 Å². The van der Waals surface area contributed by atoms with Gasteiger partial charge in [0.15, 0.2) is 0 Å². The lowest BCUT2D eigenvalue weighted by Gasteiger charge is -2.28. The molecule has 0 atom stereocenters. The Morgan fingerprint density at radius 1 is 1.24 bits per heavy atom. The molecule has 0 spiro atoms. The Labute approximate surface area is 109 Å². The fourth-order valence-corrected chi connectivity index (χ4v) is 2.68. The predicted molar refractivity (Wildman–Crippen MR) is 71.1 cm³/mol. The van der Waals surface area contributed by atoms with E-state index in [0.717, 1.165) is 35.8 Å². The van der Waals surface area contributed by atoms with Crippen molar-refractivity contribution >= 4 is 27.6 Å². The third kappa shape index (κ3) is 3.22. The van der Waals surface area contributed by atoms with Crippen molar-refractivity contribution in [2.24, 2.45) is 5.92 Å². The predicted octanol–water partition coefficient (Wildman–Crippen LogP) is 3.50. The molecule has 0 aliphatic heterocycles. The molecule has 92 valence electrons. The van der Waals surface area contributed by atoms with Crippen LogP contribution in [0.15, 0.2) is 28.7 Å². The van der Waals surface area contributed by atoms with Gasteiger partial charge >= 0.3 is 5.97 Å². The maximum absolute atomic E-state index is 10.8. The Morgan fingerprint density at radius 3 is 2.47 bits per heavy atom. The monoisotopic (exact) mass is 297 g/mol. The zero-order valence-electron chi connectivity index (χ0n) is 9.53. The quantitative estimate of drug-likeness (QED) is 0.898. The molecular formula is C13H16BrNO2. The largest absolute Gasteiger partial charge is 0.481 e. The number of hydrogen-bond donors (Lipinski definition) is 2. The minimum absolute atomic E-state index is 0.146. The minimum Gasteiger partial charge on any atom is -0.481 e. The Morgan fingerprint density at radius 2 is 1.88 bits per heavy atom. The second-order valence-corrected chi connectivity index (χ2v) is 5.37. The summed E-state index contributed by atoms with van der Waals surface area (Å²) in [4.78, 5) is 10.8. The van der Waals surface area contributed by atoms with Gasteiger partial charge < -0.3 is 10.4 Å². The number of carboxylic acids is 1. The fourth-order valence-electron chi connectivity index (χ4n) is 2.28. The van der Waals surface area contributed by atoms with Gasteiger partial charge in [-0.05, 0) is 53.7 Å². The molecular weight excluding hydrogens is 282 g/mol. The van der Waals surface area contributed by atoms with E-state index in [9.17, 15) is 4.79 Å². The number of nitrogens with one attached hydrogen (secondary N) is 1. The first-order valence-electron chi connectivity index (χ1n) is 5.90. The number of aliphatic carboxylic acids is 1. The van der Waals surface area contributed by atoms with Crippen molar-refractivity contribution in [1.29, 1.82) is 0 Å². The van der Waals surface area contributed by atoms with Crippen LogP contribution in [0, 0.1) is 5.92 Å². The number of para-hydroxylation sites is 1. The lowest BCUT2D eigenvalue weighted by molar-refractivity contribution is -0.142. The first-order chi connectivity index (χ1) is 8.16. The molecule has 2 N–H and O–H groups in total. The van der Waals surface area contributed by atoms with Crippen LogP contribution in [0.2, 0.25) is 0 Å². The molecule has 1 aromatic rings. The molecule has 2 rings (SSSR count). The van der Waals surface area contributed by atoms with E-state index in [4.69, 9.17) is 5.11 Å². The molecule has 17 heavy (non-hydrogen) atoms. The van der Waals surface area contributed by atoms with Crippen molar-refractivity contribution in [3.63, 3.8) is 0 Å². The van der Waals surface area contributed by atoms with Crippen LogP contribution in [0.3, 0.4) is 0 Å². The molecule has 1 aliphatic carbocycles. The van der Waals surface area contributed by atoms with Crippen molar-refractivity contribution in [2.45, 2.75) is 31.7 Å². The third-order valence-corrected chi connectivity index (χ3v) is 4.00. The summed E-state index contributed by atoms with van der Waals surface area (Å²) in [6, 6.07) is 8.41. The minimum atomic E-state index is -0.649. The van der Waals surface area contributed by atoms with E-state index in [0.29, 0.717) is 6.04 Å². The van der Waals surface area contributed by atoms with Crippen LogP contribution in [0.1, 0.15) is 25.7 Å². The van der Waals surface area contributed by atoms with Gasteiger partial charge in [0.05, 0.1) is 5.92 Å². The Hall–Kier alpha value is -1.03. The fraction of sp³-hybridized carbons (Fsp3) is 0.462. The summed E-state index contributed by atoms with van der Waals surface area (Å²) < 4.78 is 1.06. The molecule has 0 bridgehead atoms. The summed E-state index contributed by atoms with van der Waals surface area (Å²) in [5.74, 6) is -0.795. The van der Waals surface area contributed by atoms with Crippen molar-refractivity contribution in [3.05, 3.63) is 28.7 Å². The topological polar surface area (TPSA) is 49.3 Å². The molecule has 1 fully saturated rings. The molecule has 1 aromatic carbocycles. The molecule has 4 heteroatoms. The maximum atomic E-state index is 10.8. The van der Waals surface area contributed by atoms with E-state index in [1.807, 2.05) is 24.3 Å². The van der Waals surface area contributed by atoms with E-state index >= 15 is 0 Å². The van der Waals surface area contributed by atoms with E-state index in [1.165, 1.54) is 0 Å². The normalized spacial score (nSPS) is 24.3. The molecule has 1 saturated carbocycles. The number of anilines is 1. The summed E-state index contributed by atoms with van der Waals surface area (Å²) in [7, 11) is 0. The van der Waals surface area contributed by atoms with Gasteiger partial charge in [-0.25, -0.2) is 0 Å². The molecule has 0 saturated heterocycles. The summed E-state index contributed by atoms with van der Waals surface area (Å²) in [5.41, 5.74) is 1.09. The number of rotatable bonds is 3. The Balaban J connectivity index is 1.90. The van der Waals surface area contributed by atoms with Crippen LogP contribution in [-0.2, 0) is 4.79 Å². The van der Waals surface area contributed by atoms with Gasteiger partial charge in [-0.1, -0.05) is 12.1 Å². The van der Waals surface area contributed by atoms with Gasteiger partial charge in [-0.3, -0.25) is 4.79 Å². The second kappa shape index (κ2) is 5.54. The number of benzene rings is 1. The summed E-state index contributed by atoms with van der Waals surface area (Å²) in [6.45, 7) is 0. The smallest absolute Gasteiger partial charge is 0.306 e. The van der Waals surface area contributed by atoms with Crippen molar-refractivity contribution in [1.82, 2.24) is 0 Å². The first kappa shape index (κ1) is 12.4. The number of carbonyl (C=O) groups is 1.